The molecule has 0 aliphatic rings. The number of benzene rings is 3. The van der Waals surface area contributed by atoms with Crippen molar-refractivity contribution in [3.8, 4) is 16.9 Å². The van der Waals surface area contributed by atoms with Crippen molar-refractivity contribution < 1.29 is 18.3 Å². The van der Waals surface area contributed by atoms with E-state index in [1.54, 1.807) is 54.1 Å². The minimum Gasteiger partial charge on any atom is -0.478 e. The fourth-order valence-electron chi connectivity index (χ4n) is 3.32. The van der Waals surface area contributed by atoms with Crippen LogP contribution in [0.2, 0.25) is 0 Å². The van der Waals surface area contributed by atoms with Gasteiger partial charge in [-0.15, -0.1) is 0 Å². The van der Waals surface area contributed by atoms with Crippen molar-refractivity contribution in [2.24, 2.45) is 0 Å². The van der Waals surface area contributed by atoms with Gasteiger partial charge in [0.2, 0.25) is 0 Å². The second-order valence-corrected chi connectivity index (χ2v) is 8.54. The summed E-state index contributed by atoms with van der Waals surface area (Å²) < 4.78 is 29.4. The lowest BCUT2D eigenvalue weighted by Crippen LogP contribution is -2.12. The average Bonchev–Trinajstić information content (AvgIpc) is 3.12. The summed E-state index contributed by atoms with van der Waals surface area (Å²) in [6.07, 6.45) is 0. The van der Waals surface area contributed by atoms with Gasteiger partial charge in [-0.3, -0.25) is 4.72 Å². The lowest BCUT2D eigenvalue weighted by Gasteiger charge is -2.09. The second-order valence-electron chi connectivity index (χ2n) is 6.86. The number of aromatic nitrogens is 2. The Bertz CT molecular complexity index is 1350. The van der Waals surface area contributed by atoms with Crippen molar-refractivity contribution in [1.29, 1.82) is 0 Å². The molecule has 2 N–H and O–H groups in total. The Morgan fingerprint density at radius 3 is 2.23 bits per heavy atom. The molecule has 1 aromatic heterocycles. The Labute approximate surface area is 179 Å². The Hall–Kier alpha value is -3.91. The highest BCUT2D eigenvalue weighted by Gasteiger charge is 2.23. The predicted octanol–water partition coefficient (Wildman–Crippen LogP) is 4.35. The van der Waals surface area contributed by atoms with Gasteiger partial charge in [0.15, 0.2) is 0 Å². The van der Waals surface area contributed by atoms with Crippen LogP contribution in [0.3, 0.4) is 0 Å². The van der Waals surface area contributed by atoms with E-state index in [-0.39, 0.29) is 16.2 Å². The molecule has 4 aromatic rings. The van der Waals surface area contributed by atoms with E-state index in [2.05, 4.69) is 9.82 Å². The first kappa shape index (κ1) is 20.4. The van der Waals surface area contributed by atoms with Crippen LogP contribution < -0.4 is 4.72 Å². The fourth-order valence-corrected chi connectivity index (χ4v) is 4.40. The van der Waals surface area contributed by atoms with Crippen LogP contribution in [0.15, 0.2) is 89.8 Å². The van der Waals surface area contributed by atoms with Gasteiger partial charge in [-0.2, -0.15) is 5.10 Å². The number of sulfonamides is 1. The van der Waals surface area contributed by atoms with Crippen molar-refractivity contribution in [3.05, 3.63) is 96.2 Å². The van der Waals surface area contributed by atoms with Crippen molar-refractivity contribution in [2.45, 2.75) is 11.8 Å². The molecule has 0 saturated carbocycles. The van der Waals surface area contributed by atoms with Crippen molar-refractivity contribution in [1.82, 2.24) is 9.78 Å². The van der Waals surface area contributed by atoms with Crippen LogP contribution in [0.25, 0.3) is 16.9 Å². The quantitative estimate of drug-likeness (QED) is 0.471. The number of para-hydroxylation sites is 1. The Morgan fingerprint density at radius 2 is 1.58 bits per heavy atom. The maximum atomic E-state index is 12.6. The van der Waals surface area contributed by atoms with Crippen molar-refractivity contribution in [2.75, 3.05) is 4.72 Å². The van der Waals surface area contributed by atoms with Crippen LogP contribution in [-0.2, 0) is 10.0 Å². The Morgan fingerprint density at radius 1 is 0.935 bits per heavy atom. The number of rotatable bonds is 6. The maximum absolute atomic E-state index is 12.6. The van der Waals surface area contributed by atoms with Gasteiger partial charge in [0.05, 0.1) is 16.3 Å². The lowest BCUT2D eigenvalue weighted by molar-refractivity contribution is 0.0697. The number of carboxylic acid groups (broad SMARTS) is 1. The molecule has 0 atom stereocenters. The summed E-state index contributed by atoms with van der Waals surface area (Å²) >= 11 is 0. The monoisotopic (exact) mass is 433 g/mol. The van der Waals surface area contributed by atoms with Gasteiger partial charge >= 0.3 is 5.97 Å². The molecule has 31 heavy (non-hydrogen) atoms. The van der Waals surface area contributed by atoms with Gasteiger partial charge in [0, 0.05) is 11.3 Å². The van der Waals surface area contributed by atoms with Crippen LogP contribution in [0.1, 0.15) is 16.1 Å². The molecule has 4 rings (SSSR count). The molecule has 156 valence electrons. The van der Waals surface area contributed by atoms with Gasteiger partial charge < -0.3 is 5.11 Å². The number of hydrogen-bond acceptors (Lipinski definition) is 4. The Kier molecular flexibility index (Phi) is 5.31. The number of hydrogen-bond donors (Lipinski definition) is 2. The molecule has 0 spiro atoms. The van der Waals surface area contributed by atoms with Crippen molar-refractivity contribution >= 4 is 21.7 Å². The molecule has 8 heteroatoms. The molecular formula is C23H19N3O4S. The topological polar surface area (TPSA) is 101 Å². The molecule has 0 unspecified atom stereocenters. The summed E-state index contributed by atoms with van der Waals surface area (Å²) in [7, 11) is -3.78. The normalized spacial score (nSPS) is 11.3. The third-order valence-corrected chi connectivity index (χ3v) is 6.17. The van der Waals surface area contributed by atoms with E-state index in [4.69, 9.17) is 0 Å². The maximum Gasteiger partial charge on any atom is 0.339 e. The van der Waals surface area contributed by atoms with E-state index < -0.39 is 16.0 Å². The van der Waals surface area contributed by atoms with Gasteiger partial charge in [-0.25, -0.2) is 17.9 Å². The molecule has 0 amide bonds. The number of anilines is 1. The van der Waals surface area contributed by atoms with E-state index in [1.165, 1.54) is 12.1 Å². The molecular weight excluding hydrogens is 414 g/mol. The molecule has 3 aromatic carbocycles. The van der Waals surface area contributed by atoms with E-state index in [0.29, 0.717) is 16.9 Å². The molecule has 0 bridgehead atoms. The van der Waals surface area contributed by atoms with Crippen molar-refractivity contribution in [3.63, 3.8) is 0 Å². The van der Waals surface area contributed by atoms with Crippen LogP contribution >= 0.6 is 0 Å². The highest BCUT2D eigenvalue weighted by Crippen LogP contribution is 2.29. The first-order valence-corrected chi connectivity index (χ1v) is 10.9. The fraction of sp³-hybridized carbons (Fsp3) is 0.0435. The standard InChI is InChI=1S/C23H19N3O4S/c1-16-21(23(27)28)22(24-26(16)19-11-4-2-5-12-19)17-9-8-10-18(15-17)25-31(29,30)20-13-6-3-7-14-20/h2-15,25H,1H3,(H,27,28). The second kappa shape index (κ2) is 8.08. The smallest absolute Gasteiger partial charge is 0.339 e. The Balaban J connectivity index is 1.77. The molecule has 0 saturated heterocycles. The molecule has 7 nitrogen and oxygen atoms in total. The first-order valence-electron chi connectivity index (χ1n) is 9.43. The third-order valence-electron chi connectivity index (χ3n) is 4.77. The van der Waals surface area contributed by atoms with Crippen LogP contribution in [0, 0.1) is 6.92 Å². The number of carbonyl (C=O) groups is 1. The van der Waals surface area contributed by atoms with Gasteiger partial charge in [0.1, 0.15) is 11.3 Å². The zero-order valence-corrected chi connectivity index (χ0v) is 17.4. The predicted molar refractivity (Wildman–Crippen MR) is 118 cm³/mol. The summed E-state index contributed by atoms with van der Waals surface area (Å²) in [5.41, 5.74) is 2.33. The van der Waals surface area contributed by atoms with E-state index >= 15 is 0 Å². The van der Waals surface area contributed by atoms with Crippen LogP contribution in [-0.4, -0.2) is 29.3 Å². The largest absolute Gasteiger partial charge is 0.478 e. The molecule has 0 aliphatic heterocycles. The number of nitrogens with zero attached hydrogens (tertiary/aromatic N) is 2. The minimum atomic E-state index is -3.78. The van der Waals surface area contributed by atoms with E-state index in [0.717, 1.165) is 5.69 Å². The number of nitrogens with one attached hydrogen (secondary N) is 1. The highest BCUT2D eigenvalue weighted by molar-refractivity contribution is 7.92. The average molecular weight is 433 g/mol. The number of carboxylic acids is 1. The van der Waals surface area contributed by atoms with E-state index in [1.807, 2.05) is 30.3 Å². The third kappa shape index (κ3) is 4.06. The van der Waals surface area contributed by atoms with Crippen LogP contribution in [0.5, 0.6) is 0 Å². The summed E-state index contributed by atoms with van der Waals surface area (Å²) in [4.78, 5) is 12.1. The van der Waals surface area contributed by atoms with Gasteiger partial charge in [-0.05, 0) is 43.3 Å². The lowest BCUT2D eigenvalue weighted by atomic mass is 10.1. The first-order chi connectivity index (χ1) is 14.9. The van der Waals surface area contributed by atoms with E-state index in [9.17, 15) is 18.3 Å². The zero-order chi connectivity index (χ0) is 22.0. The summed E-state index contributed by atoms with van der Waals surface area (Å²) in [5.74, 6) is -1.11. The molecule has 0 aliphatic carbocycles. The summed E-state index contributed by atoms with van der Waals surface area (Å²) in [6, 6.07) is 23.8. The van der Waals surface area contributed by atoms with Gasteiger partial charge in [0.25, 0.3) is 10.0 Å². The van der Waals surface area contributed by atoms with Gasteiger partial charge in [-0.1, -0.05) is 48.5 Å². The highest BCUT2D eigenvalue weighted by atomic mass is 32.2. The SMILES string of the molecule is Cc1c(C(=O)O)c(-c2cccc(NS(=O)(=O)c3ccccc3)c2)nn1-c1ccccc1. The number of aromatic carboxylic acids is 1. The molecule has 1 heterocycles. The molecule has 0 fully saturated rings. The zero-order valence-electron chi connectivity index (χ0n) is 16.6. The van der Waals surface area contributed by atoms with Crippen LogP contribution in [0.4, 0.5) is 5.69 Å². The minimum absolute atomic E-state index is 0.0620. The summed E-state index contributed by atoms with van der Waals surface area (Å²) in [6.45, 7) is 1.69. The molecule has 0 radical (unpaired) electrons. The summed E-state index contributed by atoms with van der Waals surface area (Å²) in [5, 5.41) is 14.3.